The van der Waals surface area contributed by atoms with Gasteiger partial charge in [-0.1, -0.05) is 38.1 Å². The third kappa shape index (κ3) is 4.25. The van der Waals surface area contributed by atoms with Gasteiger partial charge in [0.1, 0.15) is 0 Å². The van der Waals surface area contributed by atoms with Crippen molar-refractivity contribution in [2.45, 2.75) is 33.6 Å². The number of carbonyl (C=O) groups excluding carboxylic acids is 1. The highest BCUT2D eigenvalue weighted by molar-refractivity contribution is 7.92. The SMILES string of the molecule is Cc1ccc(C(=O)Nc2c(C)cccc2C(C)C)cc1N(C)S(C)(=O)=O. The van der Waals surface area contributed by atoms with E-state index in [1.54, 1.807) is 18.2 Å². The van der Waals surface area contributed by atoms with Crippen LogP contribution in [0.4, 0.5) is 11.4 Å². The minimum Gasteiger partial charge on any atom is -0.321 e. The van der Waals surface area contributed by atoms with Gasteiger partial charge in [-0.05, 0) is 48.6 Å². The summed E-state index contributed by atoms with van der Waals surface area (Å²) >= 11 is 0. The number of hydrogen-bond donors (Lipinski definition) is 1. The maximum Gasteiger partial charge on any atom is 0.255 e. The van der Waals surface area contributed by atoms with Gasteiger partial charge in [0.15, 0.2) is 0 Å². The molecule has 0 aliphatic rings. The number of carbonyl (C=O) groups is 1. The van der Waals surface area contributed by atoms with Crippen LogP contribution in [0.3, 0.4) is 0 Å². The Morgan fingerprint density at radius 3 is 2.31 bits per heavy atom. The number of nitrogens with zero attached hydrogens (tertiary/aromatic N) is 1. The molecule has 0 heterocycles. The van der Waals surface area contributed by atoms with Gasteiger partial charge in [0.05, 0.1) is 11.9 Å². The molecule has 5 nitrogen and oxygen atoms in total. The van der Waals surface area contributed by atoms with Gasteiger partial charge in [-0.3, -0.25) is 9.10 Å². The quantitative estimate of drug-likeness (QED) is 0.858. The van der Waals surface area contributed by atoms with E-state index in [4.69, 9.17) is 0 Å². The van der Waals surface area contributed by atoms with Gasteiger partial charge >= 0.3 is 0 Å². The van der Waals surface area contributed by atoms with Gasteiger partial charge in [-0.2, -0.15) is 0 Å². The molecule has 0 atom stereocenters. The Kier molecular flexibility index (Phi) is 5.76. The van der Waals surface area contributed by atoms with Crippen LogP contribution in [-0.4, -0.2) is 27.6 Å². The Balaban J connectivity index is 2.41. The van der Waals surface area contributed by atoms with Crippen LogP contribution >= 0.6 is 0 Å². The zero-order valence-corrected chi connectivity index (χ0v) is 16.9. The Hall–Kier alpha value is -2.34. The van der Waals surface area contributed by atoms with Crippen LogP contribution in [0.25, 0.3) is 0 Å². The van der Waals surface area contributed by atoms with Gasteiger partial charge in [0.25, 0.3) is 5.91 Å². The summed E-state index contributed by atoms with van der Waals surface area (Å²) in [6, 6.07) is 11.0. The number of anilines is 2. The van der Waals surface area contributed by atoms with E-state index in [0.29, 0.717) is 11.3 Å². The van der Waals surface area contributed by atoms with E-state index in [-0.39, 0.29) is 11.8 Å². The largest absolute Gasteiger partial charge is 0.321 e. The van der Waals surface area contributed by atoms with Crippen molar-refractivity contribution < 1.29 is 13.2 Å². The Morgan fingerprint density at radius 2 is 1.73 bits per heavy atom. The number of para-hydroxylation sites is 1. The molecule has 0 fully saturated rings. The van der Waals surface area contributed by atoms with Crippen LogP contribution in [0.1, 0.15) is 46.8 Å². The van der Waals surface area contributed by atoms with Crippen molar-refractivity contribution in [3.05, 3.63) is 58.7 Å². The van der Waals surface area contributed by atoms with Crippen molar-refractivity contribution >= 4 is 27.3 Å². The van der Waals surface area contributed by atoms with Crippen molar-refractivity contribution in [3.63, 3.8) is 0 Å². The number of amides is 1. The van der Waals surface area contributed by atoms with E-state index in [1.807, 2.05) is 32.0 Å². The molecule has 0 aliphatic carbocycles. The average Bonchev–Trinajstić information content (AvgIpc) is 2.55. The number of rotatable bonds is 5. The van der Waals surface area contributed by atoms with Crippen molar-refractivity contribution in [2.75, 3.05) is 22.9 Å². The molecule has 0 saturated heterocycles. The minimum absolute atomic E-state index is 0.260. The molecule has 26 heavy (non-hydrogen) atoms. The first kappa shape index (κ1) is 20.0. The molecular weight excluding hydrogens is 348 g/mol. The predicted octanol–water partition coefficient (Wildman–Crippen LogP) is 4.07. The fraction of sp³-hybridized carbons (Fsp3) is 0.350. The summed E-state index contributed by atoms with van der Waals surface area (Å²) in [6.07, 6.45) is 1.14. The van der Waals surface area contributed by atoms with Gasteiger partial charge in [0.2, 0.25) is 10.0 Å². The molecule has 0 unspecified atom stereocenters. The lowest BCUT2D eigenvalue weighted by atomic mass is 9.98. The summed E-state index contributed by atoms with van der Waals surface area (Å²) in [4.78, 5) is 12.8. The molecule has 0 spiro atoms. The van der Waals surface area contributed by atoms with E-state index in [0.717, 1.165) is 28.6 Å². The maximum absolute atomic E-state index is 12.8. The summed E-state index contributed by atoms with van der Waals surface area (Å²) < 4.78 is 24.9. The second kappa shape index (κ2) is 7.50. The number of hydrogen-bond acceptors (Lipinski definition) is 3. The fourth-order valence-corrected chi connectivity index (χ4v) is 3.35. The van der Waals surface area contributed by atoms with Crippen molar-refractivity contribution in [3.8, 4) is 0 Å². The Labute approximate surface area is 156 Å². The normalized spacial score (nSPS) is 11.5. The van der Waals surface area contributed by atoms with Gasteiger partial charge < -0.3 is 5.32 Å². The van der Waals surface area contributed by atoms with Crippen molar-refractivity contribution in [1.29, 1.82) is 0 Å². The standard InChI is InChI=1S/C20H26N2O3S/c1-13(2)17-9-7-8-15(4)19(17)21-20(23)16-11-10-14(3)18(12-16)22(5)26(6,24)25/h7-13H,1-6H3,(H,21,23). The summed E-state index contributed by atoms with van der Waals surface area (Å²) in [5, 5.41) is 2.99. The lowest BCUT2D eigenvalue weighted by Crippen LogP contribution is -2.26. The highest BCUT2D eigenvalue weighted by Gasteiger charge is 2.18. The van der Waals surface area contributed by atoms with E-state index in [2.05, 4.69) is 19.2 Å². The summed E-state index contributed by atoms with van der Waals surface area (Å²) in [5.41, 5.74) is 4.57. The molecule has 0 radical (unpaired) electrons. The Morgan fingerprint density at radius 1 is 1.08 bits per heavy atom. The molecule has 140 valence electrons. The van der Waals surface area contributed by atoms with Crippen molar-refractivity contribution in [1.82, 2.24) is 0 Å². The first-order chi connectivity index (χ1) is 12.0. The number of benzene rings is 2. The molecule has 0 aromatic heterocycles. The smallest absolute Gasteiger partial charge is 0.255 e. The first-order valence-electron chi connectivity index (χ1n) is 8.47. The molecule has 6 heteroatoms. The van der Waals surface area contributed by atoms with Gasteiger partial charge in [-0.25, -0.2) is 8.42 Å². The van der Waals surface area contributed by atoms with Crippen LogP contribution in [-0.2, 0) is 10.0 Å². The lowest BCUT2D eigenvalue weighted by Gasteiger charge is -2.20. The summed E-state index contributed by atoms with van der Waals surface area (Å²) in [6.45, 7) is 7.93. The number of aryl methyl sites for hydroxylation is 2. The highest BCUT2D eigenvalue weighted by atomic mass is 32.2. The first-order valence-corrected chi connectivity index (χ1v) is 10.3. The maximum atomic E-state index is 12.8. The number of sulfonamides is 1. The monoisotopic (exact) mass is 374 g/mol. The van der Waals surface area contributed by atoms with Gasteiger partial charge in [-0.15, -0.1) is 0 Å². The molecule has 1 amide bonds. The topological polar surface area (TPSA) is 66.5 Å². The van der Waals surface area contributed by atoms with Crippen LogP contribution < -0.4 is 9.62 Å². The van der Waals surface area contributed by atoms with Crippen LogP contribution in [0.2, 0.25) is 0 Å². The molecule has 2 aromatic carbocycles. The average molecular weight is 375 g/mol. The molecule has 0 bridgehead atoms. The second-order valence-corrected chi connectivity index (χ2v) is 8.89. The Bertz CT molecular complexity index is 934. The molecule has 1 N–H and O–H groups in total. The molecule has 2 rings (SSSR count). The number of nitrogens with one attached hydrogen (secondary N) is 1. The summed E-state index contributed by atoms with van der Waals surface area (Å²) in [7, 11) is -1.92. The van der Waals surface area contributed by atoms with E-state index >= 15 is 0 Å². The molecule has 0 saturated carbocycles. The zero-order valence-electron chi connectivity index (χ0n) is 16.1. The summed E-state index contributed by atoms with van der Waals surface area (Å²) in [5.74, 6) is 0.0134. The predicted molar refractivity (Wildman–Crippen MR) is 108 cm³/mol. The fourth-order valence-electron chi connectivity index (χ4n) is 2.80. The second-order valence-electron chi connectivity index (χ2n) is 6.88. The van der Waals surface area contributed by atoms with E-state index in [1.165, 1.54) is 11.4 Å². The van der Waals surface area contributed by atoms with Crippen molar-refractivity contribution in [2.24, 2.45) is 0 Å². The zero-order chi connectivity index (χ0) is 19.6. The van der Waals surface area contributed by atoms with Crippen LogP contribution in [0, 0.1) is 13.8 Å². The van der Waals surface area contributed by atoms with Crippen LogP contribution in [0.5, 0.6) is 0 Å². The van der Waals surface area contributed by atoms with Crippen LogP contribution in [0.15, 0.2) is 36.4 Å². The lowest BCUT2D eigenvalue weighted by molar-refractivity contribution is 0.102. The van der Waals surface area contributed by atoms with Gasteiger partial charge in [0, 0.05) is 18.3 Å². The third-order valence-corrected chi connectivity index (χ3v) is 5.67. The van der Waals surface area contributed by atoms with E-state index < -0.39 is 10.0 Å². The minimum atomic E-state index is -3.40. The molecule has 2 aromatic rings. The van der Waals surface area contributed by atoms with E-state index in [9.17, 15) is 13.2 Å². The highest BCUT2D eigenvalue weighted by Crippen LogP contribution is 2.29. The third-order valence-electron chi connectivity index (χ3n) is 4.47. The molecule has 0 aliphatic heterocycles. The molecular formula is C20H26N2O3S.